The van der Waals surface area contributed by atoms with E-state index in [0.29, 0.717) is 23.4 Å². The molecule has 1 fully saturated rings. The van der Waals surface area contributed by atoms with Crippen LogP contribution in [0.15, 0.2) is 23.1 Å². The number of aromatic nitrogens is 2. The van der Waals surface area contributed by atoms with Crippen molar-refractivity contribution in [2.45, 2.75) is 31.6 Å². The largest absolute Gasteiger partial charge is 0.347 e. The van der Waals surface area contributed by atoms with E-state index in [1.54, 1.807) is 17.0 Å². The second kappa shape index (κ2) is 9.14. The van der Waals surface area contributed by atoms with Gasteiger partial charge in [-0.2, -0.15) is 13.1 Å². The van der Waals surface area contributed by atoms with Gasteiger partial charge < -0.3 is 10.2 Å². The Kier molecular flexibility index (Phi) is 6.81. The van der Waals surface area contributed by atoms with Crippen molar-refractivity contribution in [3.63, 3.8) is 0 Å². The van der Waals surface area contributed by atoms with Crippen LogP contribution in [-0.2, 0) is 19.6 Å². The molecule has 1 saturated heterocycles. The molecule has 0 saturated carbocycles. The van der Waals surface area contributed by atoms with Gasteiger partial charge in [0, 0.05) is 32.6 Å². The molecule has 0 bridgehead atoms. The van der Waals surface area contributed by atoms with E-state index in [-0.39, 0.29) is 49.4 Å². The van der Waals surface area contributed by atoms with Gasteiger partial charge in [-0.05, 0) is 24.5 Å². The summed E-state index contributed by atoms with van der Waals surface area (Å²) in [5.41, 5.74) is 0.929. The fraction of sp³-hybridized carbons (Fsp3) is 0.556. The number of piperazine rings is 1. The van der Waals surface area contributed by atoms with E-state index in [1.807, 2.05) is 13.8 Å². The molecule has 1 aromatic carbocycles. The topological polar surface area (TPSA) is 113 Å². The van der Waals surface area contributed by atoms with Crippen LogP contribution < -0.4 is 5.32 Å². The van der Waals surface area contributed by atoms with Crippen molar-refractivity contribution < 1.29 is 18.0 Å². The summed E-state index contributed by atoms with van der Waals surface area (Å²) >= 11 is 0.976. The SMILES string of the molecule is CC(C)CCC(=O)NCC(=O)N1CCN(S(=O)(=O)c2cccc3nsnc23)CC1. The molecule has 1 N–H and O–H groups in total. The molecule has 2 heterocycles. The molecule has 0 unspecified atom stereocenters. The average Bonchev–Trinajstić information content (AvgIpc) is 3.19. The van der Waals surface area contributed by atoms with Gasteiger partial charge in [0.25, 0.3) is 0 Å². The molecule has 1 aromatic heterocycles. The molecular formula is C18H25N5O4S2. The lowest BCUT2D eigenvalue weighted by Crippen LogP contribution is -2.52. The van der Waals surface area contributed by atoms with Crippen molar-refractivity contribution in [1.82, 2.24) is 23.3 Å². The summed E-state index contributed by atoms with van der Waals surface area (Å²) in [5.74, 6) is 0.0846. The molecule has 1 aliphatic heterocycles. The van der Waals surface area contributed by atoms with Crippen LogP contribution >= 0.6 is 11.7 Å². The number of rotatable bonds is 7. The maximum atomic E-state index is 13.0. The first-order chi connectivity index (χ1) is 13.8. The fourth-order valence-corrected chi connectivity index (χ4v) is 5.28. The lowest BCUT2D eigenvalue weighted by molar-refractivity contribution is -0.133. The molecular weight excluding hydrogens is 414 g/mol. The van der Waals surface area contributed by atoms with Gasteiger partial charge in [-0.25, -0.2) is 8.42 Å². The van der Waals surface area contributed by atoms with Crippen LogP contribution in [0.5, 0.6) is 0 Å². The number of hydrogen-bond donors (Lipinski definition) is 1. The number of carbonyl (C=O) groups is 2. The van der Waals surface area contributed by atoms with Crippen molar-refractivity contribution >= 4 is 44.6 Å². The zero-order valence-electron chi connectivity index (χ0n) is 16.5. The lowest BCUT2D eigenvalue weighted by Gasteiger charge is -2.34. The third-order valence-electron chi connectivity index (χ3n) is 4.84. The Balaban J connectivity index is 1.55. The summed E-state index contributed by atoms with van der Waals surface area (Å²) in [7, 11) is -3.72. The highest BCUT2D eigenvalue weighted by molar-refractivity contribution is 7.89. The molecule has 0 radical (unpaired) electrons. The van der Waals surface area contributed by atoms with Crippen molar-refractivity contribution in [2.24, 2.45) is 5.92 Å². The van der Waals surface area contributed by atoms with Gasteiger partial charge in [-0.3, -0.25) is 9.59 Å². The van der Waals surface area contributed by atoms with Gasteiger partial charge >= 0.3 is 0 Å². The second-order valence-electron chi connectivity index (χ2n) is 7.38. The Bertz CT molecular complexity index is 981. The Morgan fingerprint density at radius 1 is 1.17 bits per heavy atom. The first-order valence-electron chi connectivity index (χ1n) is 9.55. The second-order valence-corrected chi connectivity index (χ2v) is 9.82. The van der Waals surface area contributed by atoms with Gasteiger partial charge in [0.05, 0.1) is 18.3 Å². The maximum absolute atomic E-state index is 13.0. The first-order valence-corrected chi connectivity index (χ1v) is 11.7. The highest BCUT2D eigenvalue weighted by Gasteiger charge is 2.31. The Hall–Kier alpha value is -2.11. The number of nitrogens with one attached hydrogen (secondary N) is 1. The van der Waals surface area contributed by atoms with Crippen molar-refractivity contribution in [2.75, 3.05) is 32.7 Å². The van der Waals surface area contributed by atoms with Crippen LogP contribution in [0.1, 0.15) is 26.7 Å². The minimum atomic E-state index is -3.72. The zero-order chi connectivity index (χ0) is 21.0. The monoisotopic (exact) mass is 439 g/mol. The lowest BCUT2D eigenvalue weighted by atomic mass is 10.1. The number of amides is 2. The van der Waals surface area contributed by atoms with Crippen LogP contribution in [0.4, 0.5) is 0 Å². The van der Waals surface area contributed by atoms with Crippen molar-refractivity contribution in [1.29, 1.82) is 0 Å². The summed E-state index contributed by atoms with van der Waals surface area (Å²) < 4.78 is 35.6. The molecule has 29 heavy (non-hydrogen) atoms. The van der Waals surface area contributed by atoms with Gasteiger partial charge in [0.15, 0.2) is 0 Å². The summed E-state index contributed by atoms with van der Waals surface area (Å²) in [6, 6.07) is 4.91. The van der Waals surface area contributed by atoms with Gasteiger partial charge in [-0.15, -0.1) is 0 Å². The van der Waals surface area contributed by atoms with Crippen LogP contribution in [0.25, 0.3) is 11.0 Å². The Morgan fingerprint density at radius 2 is 1.90 bits per heavy atom. The average molecular weight is 440 g/mol. The molecule has 3 rings (SSSR count). The Morgan fingerprint density at radius 3 is 2.59 bits per heavy atom. The van der Waals surface area contributed by atoms with E-state index >= 15 is 0 Å². The van der Waals surface area contributed by atoms with Crippen LogP contribution in [-0.4, -0.2) is 70.9 Å². The number of carbonyl (C=O) groups excluding carboxylic acids is 2. The molecule has 9 nitrogen and oxygen atoms in total. The molecule has 0 aliphatic carbocycles. The summed E-state index contributed by atoms with van der Waals surface area (Å²) in [6.45, 7) is 4.98. The predicted molar refractivity (Wildman–Crippen MR) is 110 cm³/mol. The molecule has 1 aliphatic rings. The number of fused-ring (bicyclic) bond motifs is 1. The fourth-order valence-electron chi connectivity index (χ4n) is 3.10. The summed E-state index contributed by atoms with van der Waals surface area (Å²) in [5, 5.41) is 2.64. The van der Waals surface area contributed by atoms with Gasteiger partial charge in [0.2, 0.25) is 21.8 Å². The minimum absolute atomic E-state index is 0.0620. The maximum Gasteiger partial charge on any atom is 0.245 e. The Labute approximate surface area is 174 Å². The molecule has 0 spiro atoms. The van der Waals surface area contributed by atoms with Crippen molar-refractivity contribution in [3.05, 3.63) is 18.2 Å². The molecule has 2 amide bonds. The molecule has 0 atom stereocenters. The van der Waals surface area contributed by atoms with Gasteiger partial charge in [-0.1, -0.05) is 19.9 Å². The third-order valence-corrected chi connectivity index (χ3v) is 7.32. The predicted octanol–water partition coefficient (Wildman–Crippen LogP) is 1.08. The minimum Gasteiger partial charge on any atom is -0.347 e. The van der Waals surface area contributed by atoms with E-state index in [9.17, 15) is 18.0 Å². The summed E-state index contributed by atoms with van der Waals surface area (Å²) in [6.07, 6.45) is 1.17. The van der Waals surface area contributed by atoms with E-state index < -0.39 is 10.0 Å². The highest BCUT2D eigenvalue weighted by Crippen LogP contribution is 2.25. The van der Waals surface area contributed by atoms with Crippen LogP contribution in [0, 0.1) is 5.92 Å². The van der Waals surface area contributed by atoms with E-state index in [0.717, 1.165) is 18.1 Å². The molecule has 11 heteroatoms. The quantitative estimate of drug-likeness (QED) is 0.691. The van der Waals surface area contributed by atoms with E-state index in [1.165, 1.54) is 10.4 Å². The number of nitrogens with zero attached hydrogens (tertiary/aromatic N) is 4. The number of hydrogen-bond acceptors (Lipinski definition) is 7. The van der Waals surface area contributed by atoms with Crippen LogP contribution in [0.2, 0.25) is 0 Å². The molecule has 158 valence electrons. The van der Waals surface area contributed by atoms with E-state index in [2.05, 4.69) is 14.1 Å². The number of sulfonamides is 1. The van der Waals surface area contributed by atoms with Gasteiger partial charge in [0.1, 0.15) is 15.9 Å². The van der Waals surface area contributed by atoms with Crippen LogP contribution in [0.3, 0.4) is 0 Å². The highest BCUT2D eigenvalue weighted by atomic mass is 32.2. The summed E-state index contributed by atoms with van der Waals surface area (Å²) in [4.78, 5) is 25.8. The first kappa shape index (κ1) is 21.6. The standard InChI is InChI=1S/C18H25N5O4S2/c1-13(2)6-7-16(24)19-12-17(25)22-8-10-23(11-9-22)29(26,27)15-5-3-4-14-18(15)21-28-20-14/h3-5,13H,6-12H2,1-2H3,(H,19,24). The normalized spacial score (nSPS) is 15.8. The zero-order valence-corrected chi connectivity index (χ0v) is 18.1. The third kappa shape index (κ3) is 5.09. The van der Waals surface area contributed by atoms with E-state index in [4.69, 9.17) is 0 Å². The molecule has 2 aromatic rings. The number of benzene rings is 1. The van der Waals surface area contributed by atoms with Crippen molar-refractivity contribution in [3.8, 4) is 0 Å². The smallest absolute Gasteiger partial charge is 0.245 e.